The molecule has 6 aliphatic heterocycles. The van der Waals surface area contributed by atoms with Crippen LogP contribution in [0.15, 0.2) is 101 Å². The van der Waals surface area contributed by atoms with Gasteiger partial charge in [0.15, 0.2) is 53.9 Å². The highest BCUT2D eigenvalue weighted by atomic mass is 19.1. The second kappa shape index (κ2) is 43.7. The van der Waals surface area contributed by atoms with E-state index in [-0.39, 0.29) is 152 Å². The number of alkyl carbamates (subject to hydrolysis) is 2. The van der Waals surface area contributed by atoms with Gasteiger partial charge in [-0.25, -0.2) is 47.5 Å². The Morgan fingerprint density at radius 3 is 1.65 bits per heavy atom. The largest absolute Gasteiger partial charge is 0.479 e. The zero-order chi connectivity index (χ0) is 103. The molecule has 0 bridgehead atoms. The van der Waals surface area contributed by atoms with Gasteiger partial charge in [0.1, 0.15) is 62.6 Å². The van der Waals surface area contributed by atoms with Gasteiger partial charge in [-0.05, 0) is 115 Å². The SMILES string of the molecule is CCc1c2c(nc3cc(F)c(OCNC(=O)OCc4ccc(NC(=O)[C@H](CCCNC(N)=O)NC(=O)[C@@H](NC(=O)CN(CCN5C(=O)C=CC5=O)CC(=O)NCCC(=O)N(C)CC(=O)Nc5cc(COC(=O)NCOc6cc7c(CC)c8c(nc7cc6F)-c6cc7c(c(=O)n6C8)COC(=O)[C@]7(O)CC)ccc5O[C@@H]5O[C@H](C(=O)O)[C@@H](O)[C@H](O)[C@H]5O)C(C)C)cc4)cc13)-c1cc3c(c(=O)n1C2)COC(=O)[C@]3(O)CC. The minimum Gasteiger partial charge on any atom is -0.479 e. The number of nitrogens with two attached hydrogens (primary N) is 1. The number of aliphatic hydroxyl groups excluding tert-OH is 3. The summed E-state index contributed by atoms with van der Waals surface area (Å²) in [5.74, 6) is -13.1. The van der Waals surface area contributed by atoms with Gasteiger partial charge in [-0.15, -0.1) is 0 Å². The summed E-state index contributed by atoms with van der Waals surface area (Å²) in [6, 6.07) is 14.3. The van der Waals surface area contributed by atoms with E-state index >= 15 is 8.78 Å². The number of nitrogens with one attached hydrogen (secondary N) is 8. The van der Waals surface area contributed by atoms with Crippen molar-refractivity contribution >= 4 is 117 Å². The highest BCUT2D eigenvalue weighted by molar-refractivity contribution is 6.13. The quantitative estimate of drug-likeness (QED) is 0.00851. The number of aromatic nitrogens is 4. The van der Waals surface area contributed by atoms with Crippen LogP contribution in [0.3, 0.4) is 0 Å². The number of cyclic esters (lactones) is 2. The third-order valence-electron chi connectivity index (χ3n) is 25.3. The molecule has 9 atom stereocenters. The number of urea groups is 1. The number of likely N-dealkylation sites (N-methyl/N-ethyl adjacent to an activating group) is 1. The number of hydrogen-bond donors (Lipinski definition) is 15. The first-order valence-corrected chi connectivity index (χ1v) is 45.7. The molecule has 0 radical (unpaired) electrons. The van der Waals surface area contributed by atoms with E-state index in [1.165, 1.54) is 81.7 Å². The molecular formula is C95H104F2N16O30. The zero-order valence-electron chi connectivity index (χ0n) is 78.3. The molecular weight excluding hydrogens is 1880 g/mol. The molecule has 0 unspecified atom stereocenters. The molecule has 4 aromatic carbocycles. The Bertz CT molecular complexity index is 6620. The van der Waals surface area contributed by atoms with E-state index in [1.807, 2.05) is 13.8 Å². The minimum atomic E-state index is -2.13. The van der Waals surface area contributed by atoms with E-state index in [0.29, 0.717) is 68.6 Å². The number of carboxylic acids is 1. The maximum Gasteiger partial charge on any atom is 0.410 e. The number of hydrogen-bond acceptors (Lipinski definition) is 32. The van der Waals surface area contributed by atoms with E-state index in [9.17, 15) is 107 Å². The Labute approximate surface area is 810 Å². The van der Waals surface area contributed by atoms with Crippen molar-refractivity contribution in [3.63, 3.8) is 0 Å². The summed E-state index contributed by atoms with van der Waals surface area (Å²) in [6.07, 6.45) is -10.3. The molecule has 4 aromatic heterocycles. The van der Waals surface area contributed by atoms with Crippen molar-refractivity contribution in [3.05, 3.63) is 179 Å². The topological polar surface area (TPSA) is 636 Å². The van der Waals surface area contributed by atoms with E-state index in [0.717, 1.165) is 39.6 Å². The first-order valence-electron chi connectivity index (χ1n) is 45.7. The molecule has 14 rings (SSSR count). The van der Waals surface area contributed by atoms with Gasteiger partial charge in [0.2, 0.25) is 41.7 Å². The second-order valence-electron chi connectivity index (χ2n) is 34.9. The van der Waals surface area contributed by atoms with Crippen LogP contribution in [-0.4, -0.2) is 257 Å². The summed E-state index contributed by atoms with van der Waals surface area (Å²) >= 11 is 0. The number of imide groups is 1. The molecule has 48 heteroatoms. The maximum atomic E-state index is 15.9. The van der Waals surface area contributed by atoms with Crippen molar-refractivity contribution in [3.8, 4) is 40.0 Å². The molecule has 143 heavy (non-hydrogen) atoms. The van der Waals surface area contributed by atoms with Crippen LogP contribution in [0.4, 0.5) is 34.5 Å². The van der Waals surface area contributed by atoms with Gasteiger partial charge in [0, 0.05) is 103 Å². The number of halogens is 2. The van der Waals surface area contributed by atoms with Gasteiger partial charge in [-0.1, -0.05) is 59.7 Å². The molecule has 1 saturated heterocycles. The first kappa shape index (κ1) is 103. The number of amides is 12. The number of carbonyl (C=O) groups excluding carboxylic acids is 13. The van der Waals surface area contributed by atoms with Crippen LogP contribution >= 0.6 is 0 Å². The fourth-order valence-electron chi connectivity index (χ4n) is 17.5. The number of esters is 2. The van der Waals surface area contributed by atoms with Crippen molar-refractivity contribution in [1.82, 2.24) is 65.7 Å². The summed E-state index contributed by atoms with van der Waals surface area (Å²) in [7, 11) is 1.22. The van der Waals surface area contributed by atoms with Gasteiger partial charge < -0.3 is 120 Å². The van der Waals surface area contributed by atoms with Crippen molar-refractivity contribution in [2.75, 3.05) is 77.0 Å². The number of carbonyl (C=O) groups is 14. The van der Waals surface area contributed by atoms with E-state index in [4.69, 9.17) is 53.6 Å². The fraction of sp³-hybridized carbons (Fsp3) is 0.411. The minimum absolute atomic E-state index is 0.0250. The molecule has 10 heterocycles. The number of ether oxygens (including phenoxy) is 8. The van der Waals surface area contributed by atoms with Crippen molar-refractivity contribution in [2.24, 2.45) is 11.7 Å². The molecule has 758 valence electrons. The molecule has 8 aromatic rings. The van der Waals surface area contributed by atoms with Crippen molar-refractivity contribution in [2.45, 2.75) is 180 Å². The van der Waals surface area contributed by atoms with E-state index in [1.54, 1.807) is 33.8 Å². The first-order chi connectivity index (χ1) is 68.1. The maximum absolute atomic E-state index is 15.9. The third kappa shape index (κ3) is 22.3. The number of aliphatic hydroxyl groups is 5. The second-order valence-corrected chi connectivity index (χ2v) is 34.9. The Kier molecular flexibility index (Phi) is 31.6. The lowest BCUT2D eigenvalue weighted by molar-refractivity contribution is -0.271. The van der Waals surface area contributed by atoms with Gasteiger partial charge >= 0.3 is 36.1 Å². The predicted octanol–water partition coefficient (Wildman–Crippen LogP) is 1.51. The zero-order valence-corrected chi connectivity index (χ0v) is 78.3. The van der Waals surface area contributed by atoms with Crippen molar-refractivity contribution in [1.29, 1.82) is 0 Å². The number of pyridine rings is 4. The highest BCUT2D eigenvalue weighted by Crippen LogP contribution is 2.45. The van der Waals surface area contributed by atoms with Crippen LogP contribution in [-0.2, 0) is 140 Å². The van der Waals surface area contributed by atoms with Gasteiger partial charge in [0.25, 0.3) is 22.9 Å². The average molecular weight is 1990 g/mol. The molecule has 46 nitrogen and oxygen atoms in total. The number of aliphatic carboxylic acids is 1. The van der Waals surface area contributed by atoms with Gasteiger partial charge in [0.05, 0.1) is 83.3 Å². The van der Waals surface area contributed by atoms with Crippen LogP contribution < -0.4 is 73.6 Å². The van der Waals surface area contributed by atoms with Gasteiger partial charge in [-0.2, -0.15) is 0 Å². The molecule has 0 saturated carbocycles. The van der Waals surface area contributed by atoms with Crippen LogP contribution in [0.5, 0.6) is 17.2 Å². The lowest BCUT2D eigenvalue weighted by Gasteiger charge is -2.38. The Morgan fingerprint density at radius 1 is 0.601 bits per heavy atom. The van der Waals surface area contributed by atoms with Crippen LogP contribution in [0.1, 0.15) is 129 Å². The molecule has 16 N–H and O–H groups in total. The van der Waals surface area contributed by atoms with Crippen molar-refractivity contribution < 1.29 is 144 Å². The number of nitrogens with zero attached hydrogens (tertiary/aromatic N) is 7. The Morgan fingerprint density at radius 2 is 1.13 bits per heavy atom. The monoisotopic (exact) mass is 1990 g/mol. The number of benzene rings is 4. The predicted molar refractivity (Wildman–Crippen MR) is 494 cm³/mol. The van der Waals surface area contributed by atoms with Crippen LogP contribution in [0, 0.1) is 17.6 Å². The lowest BCUT2D eigenvalue weighted by atomic mass is 9.86. The number of rotatable bonds is 40. The Hall–Kier alpha value is -15.5. The summed E-state index contributed by atoms with van der Waals surface area (Å²) in [6.45, 7) is 4.46. The smallest absolute Gasteiger partial charge is 0.410 e. The average Bonchev–Trinajstić information content (AvgIpc) is 1.54. The normalized spacial score (nSPS) is 18.8. The standard InChI is InChI=1S/C95H104F2N16O30/c1-8-49-51-28-68(59(96)32-62(51)105-77-53(49)34-112-65(77)30-57-55(85(112)125)41-136-89(129)94(57,134)10-3)140-43-101-92(132)138-39-46-14-17-48(18-15-46)103-83(123)61(13-12-23-100-91(98)131)107-84(124)76(45(5)6)108-72(116)38-110(25-26-111-74(118)20-21-75(111)119)37-70(114)99-24-22-73(117)109(7)36-71(115)104-64-27-47(16-19-67(64)142-88-81(122)79(120)80(121)82(143-88)87(127)128)40-139-93(133)102-44-141-69-29-52-50(9-2)54-35-113-66(78(54)106-63(52)33-60(69)97)31-58-56(86(113)126)42-137-90(130)95(58,135)11-4/h14-21,27-33,45,61,76,79-82,88,120-122,134-135H,8-13,22-26,34-44H2,1-7H3,(H,99,114)(H,101,132)(H,102,133)(H,103,123)(H,104,115)(H,107,124)(H,108,116)(H,127,128)(H3,98,100,131)/t61-,76-,79-,80-,81+,82-,88+,94-,95-/m0/s1. The number of primary amides is 1. The number of fused-ring (bicyclic) bond motifs is 10. The van der Waals surface area contributed by atoms with Crippen LogP contribution in [0.25, 0.3) is 44.6 Å². The molecule has 1 fully saturated rings. The number of carboxylic acid groups (broad SMARTS) is 1. The van der Waals surface area contributed by atoms with E-state index < -0.39 is 212 Å². The van der Waals surface area contributed by atoms with Crippen LogP contribution in [0.2, 0.25) is 0 Å². The van der Waals surface area contributed by atoms with Gasteiger partial charge in [-0.3, -0.25) is 68.4 Å². The highest BCUT2D eigenvalue weighted by Gasteiger charge is 2.51. The lowest BCUT2D eigenvalue weighted by Crippen LogP contribution is -2.61. The molecule has 0 aliphatic carbocycles. The summed E-state index contributed by atoms with van der Waals surface area (Å²) in [4.78, 5) is 225. The number of anilines is 2. The van der Waals surface area contributed by atoms with E-state index in [2.05, 4.69) is 42.5 Å². The summed E-state index contributed by atoms with van der Waals surface area (Å²) in [5, 5.41) is 85.4. The molecule has 0 spiro atoms. The number of aryl methyl sites for hydroxylation is 2. The summed E-state index contributed by atoms with van der Waals surface area (Å²) in [5.41, 5.74) is 5.69. The third-order valence-corrected chi connectivity index (χ3v) is 25.3. The molecule has 12 amide bonds. The molecule has 6 aliphatic rings. The Balaban J connectivity index is 0.555. The summed E-state index contributed by atoms with van der Waals surface area (Å²) < 4.78 is 78.2. The fourth-order valence-corrected chi connectivity index (χ4v) is 17.5.